The summed E-state index contributed by atoms with van der Waals surface area (Å²) < 4.78 is 11.2. The Labute approximate surface area is 155 Å². The van der Waals surface area contributed by atoms with E-state index in [2.05, 4.69) is 32.8 Å². The van der Waals surface area contributed by atoms with Gasteiger partial charge in [-0.05, 0) is 18.2 Å². The SMILES string of the molecule is C=CCNc1nc(C(=O)OCc2cc(=O)oc3cc(Br)ccc23)cs1. The van der Waals surface area contributed by atoms with E-state index >= 15 is 0 Å². The van der Waals surface area contributed by atoms with Gasteiger partial charge in [-0.15, -0.1) is 17.9 Å². The monoisotopic (exact) mass is 420 g/mol. The van der Waals surface area contributed by atoms with E-state index in [1.807, 2.05) is 6.07 Å². The van der Waals surface area contributed by atoms with E-state index in [0.29, 0.717) is 28.2 Å². The van der Waals surface area contributed by atoms with Crippen LogP contribution in [0.1, 0.15) is 16.1 Å². The van der Waals surface area contributed by atoms with E-state index in [0.717, 1.165) is 4.47 Å². The molecular formula is C17H13BrN2O4S. The van der Waals surface area contributed by atoms with Gasteiger partial charge in [-0.3, -0.25) is 0 Å². The molecule has 0 radical (unpaired) electrons. The maximum Gasteiger partial charge on any atom is 0.358 e. The van der Waals surface area contributed by atoms with Crippen LogP contribution in [0, 0.1) is 0 Å². The van der Waals surface area contributed by atoms with Gasteiger partial charge in [0.25, 0.3) is 0 Å². The van der Waals surface area contributed by atoms with Crippen molar-refractivity contribution in [2.24, 2.45) is 0 Å². The standard InChI is InChI=1S/C17H13BrN2O4S/c1-2-5-19-17-20-13(9-25-17)16(22)23-8-10-6-15(21)24-14-7-11(18)3-4-12(10)14/h2-4,6-7,9H,1,5,8H2,(H,19,20). The van der Waals surface area contributed by atoms with Crippen molar-refractivity contribution in [2.75, 3.05) is 11.9 Å². The fourth-order valence-electron chi connectivity index (χ4n) is 2.15. The number of ether oxygens (including phenoxy) is 1. The van der Waals surface area contributed by atoms with E-state index in [4.69, 9.17) is 9.15 Å². The van der Waals surface area contributed by atoms with Crippen molar-refractivity contribution in [2.45, 2.75) is 6.61 Å². The first-order valence-corrected chi connectivity index (χ1v) is 8.94. The predicted molar refractivity (Wildman–Crippen MR) is 100 cm³/mol. The largest absolute Gasteiger partial charge is 0.456 e. The van der Waals surface area contributed by atoms with Gasteiger partial charge in [-0.2, -0.15) is 0 Å². The quantitative estimate of drug-likeness (QED) is 0.369. The number of carbonyl (C=O) groups excluding carboxylic acids is 1. The molecule has 128 valence electrons. The molecule has 1 aromatic carbocycles. The second-order valence-electron chi connectivity index (χ2n) is 5.01. The molecule has 0 aliphatic rings. The summed E-state index contributed by atoms with van der Waals surface area (Å²) in [5.41, 5.74) is 0.720. The van der Waals surface area contributed by atoms with Crippen molar-refractivity contribution < 1.29 is 13.9 Å². The summed E-state index contributed by atoms with van der Waals surface area (Å²) in [5, 5.41) is 5.94. The van der Waals surface area contributed by atoms with Gasteiger partial charge in [0.15, 0.2) is 10.8 Å². The molecule has 0 atom stereocenters. The lowest BCUT2D eigenvalue weighted by molar-refractivity contribution is 0.0468. The molecule has 1 N–H and O–H groups in total. The summed E-state index contributed by atoms with van der Waals surface area (Å²) in [5.74, 6) is -0.554. The van der Waals surface area contributed by atoms with Gasteiger partial charge in [0.1, 0.15) is 12.2 Å². The Morgan fingerprint density at radius 3 is 3.08 bits per heavy atom. The van der Waals surface area contributed by atoms with Crippen molar-refractivity contribution >= 4 is 49.3 Å². The molecule has 6 nitrogen and oxygen atoms in total. The molecule has 0 bridgehead atoms. The van der Waals surface area contributed by atoms with Gasteiger partial charge < -0.3 is 14.5 Å². The average Bonchev–Trinajstić information content (AvgIpc) is 3.06. The zero-order chi connectivity index (χ0) is 17.8. The lowest BCUT2D eigenvalue weighted by Gasteiger charge is -2.06. The van der Waals surface area contributed by atoms with E-state index in [-0.39, 0.29) is 12.3 Å². The Hall–Kier alpha value is -2.45. The van der Waals surface area contributed by atoms with Crippen LogP contribution in [0.15, 0.2) is 56.0 Å². The first-order chi connectivity index (χ1) is 12.1. The molecule has 0 saturated heterocycles. The van der Waals surface area contributed by atoms with Crippen molar-refractivity contribution in [1.29, 1.82) is 0 Å². The zero-order valence-electron chi connectivity index (χ0n) is 13.0. The lowest BCUT2D eigenvalue weighted by Crippen LogP contribution is -2.08. The highest BCUT2D eigenvalue weighted by Gasteiger charge is 2.14. The van der Waals surface area contributed by atoms with Gasteiger partial charge in [0.2, 0.25) is 0 Å². The van der Waals surface area contributed by atoms with Gasteiger partial charge >= 0.3 is 11.6 Å². The molecule has 2 aromatic heterocycles. The van der Waals surface area contributed by atoms with Gasteiger partial charge in [-0.1, -0.05) is 22.0 Å². The fraction of sp³-hybridized carbons (Fsp3) is 0.118. The number of anilines is 1. The third-order valence-electron chi connectivity index (χ3n) is 3.26. The van der Waals surface area contributed by atoms with Crippen LogP contribution < -0.4 is 10.9 Å². The summed E-state index contributed by atoms with van der Waals surface area (Å²) in [7, 11) is 0. The fourth-order valence-corrected chi connectivity index (χ4v) is 3.18. The van der Waals surface area contributed by atoms with Gasteiger partial charge in [-0.25, -0.2) is 14.6 Å². The summed E-state index contributed by atoms with van der Waals surface area (Å²) >= 11 is 4.63. The Morgan fingerprint density at radius 2 is 2.28 bits per heavy atom. The minimum absolute atomic E-state index is 0.0461. The Bertz CT molecular complexity index is 996. The molecular weight excluding hydrogens is 408 g/mol. The average molecular weight is 421 g/mol. The first-order valence-electron chi connectivity index (χ1n) is 7.26. The van der Waals surface area contributed by atoms with E-state index in [9.17, 15) is 9.59 Å². The van der Waals surface area contributed by atoms with E-state index in [1.165, 1.54) is 17.4 Å². The molecule has 0 unspecified atom stereocenters. The third kappa shape index (κ3) is 4.15. The Kier molecular flexibility index (Phi) is 5.30. The molecule has 0 amide bonds. The number of esters is 1. The van der Waals surface area contributed by atoms with Crippen LogP contribution >= 0.6 is 27.3 Å². The smallest absolute Gasteiger partial charge is 0.358 e. The van der Waals surface area contributed by atoms with Crippen molar-refractivity contribution in [3.8, 4) is 0 Å². The summed E-state index contributed by atoms with van der Waals surface area (Å²) in [6, 6.07) is 6.64. The number of thiazole rings is 1. The molecule has 0 aliphatic heterocycles. The number of carbonyl (C=O) groups is 1. The maximum absolute atomic E-state index is 12.1. The first kappa shape index (κ1) is 17.4. The molecule has 3 rings (SSSR count). The number of benzene rings is 1. The number of aromatic nitrogens is 1. The van der Waals surface area contributed by atoms with Crippen LogP contribution in [0.4, 0.5) is 5.13 Å². The van der Waals surface area contributed by atoms with Gasteiger partial charge in [0, 0.05) is 33.4 Å². The molecule has 25 heavy (non-hydrogen) atoms. The number of hydrogen-bond donors (Lipinski definition) is 1. The predicted octanol–water partition coefficient (Wildman–Crippen LogP) is 3.97. The number of nitrogens with zero attached hydrogens (tertiary/aromatic N) is 1. The number of rotatable bonds is 6. The zero-order valence-corrected chi connectivity index (χ0v) is 15.4. The van der Waals surface area contributed by atoms with E-state index in [1.54, 1.807) is 23.6 Å². The molecule has 0 spiro atoms. The summed E-state index contributed by atoms with van der Waals surface area (Å²) in [6.45, 7) is 4.12. The molecule has 3 aromatic rings. The van der Waals surface area contributed by atoms with E-state index < -0.39 is 11.6 Å². The topological polar surface area (TPSA) is 81.4 Å². The highest BCUT2D eigenvalue weighted by atomic mass is 79.9. The summed E-state index contributed by atoms with van der Waals surface area (Å²) in [4.78, 5) is 28.0. The normalized spacial score (nSPS) is 10.6. The molecule has 0 saturated carbocycles. The molecule has 0 fully saturated rings. The van der Waals surface area contributed by atoms with Crippen LogP contribution in [0.5, 0.6) is 0 Å². The number of nitrogens with one attached hydrogen (secondary N) is 1. The highest BCUT2D eigenvalue weighted by molar-refractivity contribution is 9.10. The summed E-state index contributed by atoms with van der Waals surface area (Å²) in [6.07, 6.45) is 1.70. The van der Waals surface area contributed by atoms with Crippen LogP contribution in [-0.2, 0) is 11.3 Å². The van der Waals surface area contributed by atoms with Crippen molar-refractivity contribution in [3.05, 3.63) is 68.5 Å². The van der Waals surface area contributed by atoms with Crippen LogP contribution in [0.2, 0.25) is 0 Å². The Morgan fingerprint density at radius 1 is 1.44 bits per heavy atom. The second kappa shape index (κ2) is 7.62. The number of halogens is 1. The number of hydrogen-bond acceptors (Lipinski definition) is 7. The molecule has 0 aliphatic carbocycles. The van der Waals surface area contributed by atoms with Gasteiger partial charge in [0.05, 0.1) is 0 Å². The third-order valence-corrected chi connectivity index (χ3v) is 4.56. The van der Waals surface area contributed by atoms with Crippen molar-refractivity contribution in [1.82, 2.24) is 4.98 Å². The molecule has 8 heteroatoms. The lowest BCUT2D eigenvalue weighted by atomic mass is 10.1. The second-order valence-corrected chi connectivity index (χ2v) is 6.79. The van der Waals surface area contributed by atoms with Crippen LogP contribution in [-0.4, -0.2) is 17.5 Å². The number of fused-ring (bicyclic) bond motifs is 1. The molecule has 2 heterocycles. The van der Waals surface area contributed by atoms with Crippen molar-refractivity contribution in [3.63, 3.8) is 0 Å². The maximum atomic E-state index is 12.1. The highest BCUT2D eigenvalue weighted by Crippen LogP contribution is 2.22. The Balaban J connectivity index is 1.76. The minimum Gasteiger partial charge on any atom is -0.456 e. The van der Waals surface area contributed by atoms with Crippen LogP contribution in [0.3, 0.4) is 0 Å². The van der Waals surface area contributed by atoms with Crippen LogP contribution in [0.25, 0.3) is 11.0 Å². The minimum atomic E-state index is -0.554.